The Hall–Kier alpha value is -1.11. The van der Waals surface area contributed by atoms with Gasteiger partial charge in [-0.25, -0.2) is 0 Å². The number of carbonyl (C=O) groups is 1. The lowest BCUT2D eigenvalue weighted by Crippen LogP contribution is -2.00. The summed E-state index contributed by atoms with van der Waals surface area (Å²) in [7, 11) is 0. The highest BCUT2D eigenvalue weighted by Gasteiger charge is 2.05. The third kappa shape index (κ3) is 1.17. The number of hydrogen-bond acceptors (Lipinski definition) is 1. The molecule has 1 aliphatic carbocycles. The van der Waals surface area contributed by atoms with Crippen LogP contribution >= 0.6 is 0 Å². The standard InChI is InChI=1S/C8H8O/c1-7-4-2-3-5-8(7)6-9/h2-6,8H,1H2. The average Bonchev–Trinajstić information content (AvgIpc) is 1.89. The van der Waals surface area contributed by atoms with Crippen molar-refractivity contribution in [2.24, 2.45) is 5.92 Å². The Kier molecular flexibility index (Phi) is 1.63. The van der Waals surface area contributed by atoms with Crippen molar-refractivity contribution in [3.63, 3.8) is 0 Å². The summed E-state index contributed by atoms with van der Waals surface area (Å²) < 4.78 is 0. The molecule has 0 saturated carbocycles. The molecule has 0 N–H and O–H groups in total. The highest BCUT2D eigenvalue weighted by Crippen LogP contribution is 2.13. The molecule has 1 unspecified atom stereocenters. The van der Waals surface area contributed by atoms with Gasteiger partial charge in [0.05, 0.1) is 5.92 Å². The molecule has 0 bridgehead atoms. The lowest BCUT2D eigenvalue weighted by atomic mass is 9.98. The maximum absolute atomic E-state index is 10.2. The monoisotopic (exact) mass is 120 g/mol. The van der Waals surface area contributed by atoms with Crippen molar-refractivity contribution in [1.29, 1.82) is 0 Å². The smallest absolute Gasteiger partial charge is 0.131 e. The first-order chi connectivity index (χ1) is 4.34. The minimum absolute atomic E-state index is 0.0880. The fourth-order valence-electron chi connectivity index (χ4n) is 0.730. The first-order valence-electron chi connectivity index (χ1n) is 2.83. The molecule has 1 heteroatoms. The van der Waals surface area contributed by atoms with Gasteiger partial charge in [0, 0.05) is 0 Å². The molecule has 46 valence electrons. The molecular formula is C8H8O. The van der Waals surface area contributed by atoms with Crippen molar-refractivity contribution >= 4 is 6.29 Å². The van der Waals surface area contributed by atoms with Crippen LogP contribution in [0, 0.1) is 5.92 Å². The summed E-state index contributed by atoms with van der Waals surface area (Å²) in [5.41, 5.74) is 0.868. The third-order valence-electron chi connectivity index (χ3n) is 1.31. The van der Waals surface area contributed by atoms with Crippen LogP contribution in [0.1, 0.15) is 0 Å². The second-order valence-electron chi connectivity index (χ2n) is 1.98. The topological polar surface area (TPSA) is 17.1 Å². The zero-order valence-electron chi connectivity index (χ0n) is 5.08. The van der Waals surface area contributed by atoms with Gasteiger partial charge in [-0.2, -0.15) is 0 Å². The van der Waals surface area contributed by atoms with Crippen molar-refractivity contribution in [1.82, 2.24) is 0 Å². The molecule has 9 heavy (non-hydrogen) atoms. The maximum atomic E-state index is 10.2. The van der Waals surface area contributed by atoms with E-state index in [1.807, 2.05) is 24.3 Å². The van der Waals surface area contributed by atoms with Gasteiger partial charge in [0.15, 0.2) is 0 Å². The molecule has 0 heterocycles. The number of hydrogen-bond donors (Lipinski definition) is 0. The van der Waals surface area contributed by atoms with E-state index >= 15 is 0 Å². The van der Waals surface area contributed by atoms with Gasteiger partial charge < -0.3 is 4.79 Å². The molecule has 0 aromatic heterocycles. The highest BCUT2D eigenvalue weighted by atomic mass is 16.1. The number of aldehydes is 1. The lowest BCUT2D eigenvalue weighted by molar-refractivity contribution is -0.109. The van der Waals surface area contributed by atoms with E-state index in [2.05, 4.69) is 6.58 Å². The molecule has 0 saturated heterocycles. The number of carbonyl (C=O) groups excluding carboxylic acids is 1. The predicted octanol–water partition coefficient (Wildman–Crippen LogP) is 1.48. The average molecular weight is 120 g/mol. The highest BCUT2D eigenvalue weighted by molar-refractivity contribution is 5.64. The van der Waals surface area contributed by atoms with Crippen LogP contribution in [0.3, 0.4) is 0 Å². The Morgan fingerprint density at radius 3 is 2.78 bits per heavy atom. The Morgan fingerprint density at radius 2 is 2.33 bits per heavy atom. The van der Waals surface area contributed by atoms with Crippen LogP contribution in [0.2, 0.25) is 0 Å². The number of allylic oxidation sites excluding steroid dienone is 5. The van der Waals surface area contributed by atoms with E-state index in [1.165, 1.54) is 0 Å². The van der Waals surface area contributed by atoms with E-state index in [4.69, 9.17) is 0 Å². The summed E-state index contributed by atoms with van der Waals surface area (Å²) in [6.07, 6.45) is 8.30. The molecule has 0 amide bonds. The van der Waals surface area contributed by atoms with E-state index in [9.17, 15) is 4.79 Å². The third-order valence-corrected chi connectivity index (χ3v) is 1.31. The van der Waals surface area contributed by atoms with Crippen molar-refractivity contribution in [2.45, 2.75) is 0 Å². The van der Waals surface area contributed by atoms with Crippen LogP contribution in [0.5, 0.6) is 0 Å². The van der Waals surface area contributed by atoms with Crippen molar-refractivity contribution < 1.29 is 4.79 Å². The summed E-state index contributed by atoms with van der Waals surface area (Å²) in [4.78, 5) is 10.2. The Balaban J connectivity index is 2.77. The SMILES string of the molecule is C=C1C=CC=CC1C=O. The van der Waals surface area contributed by atoms with Crippen molar-refractivity contribution in [2.75, 3.05) is 0 Å². The van der Waals surface area contributed by atoms with E-state index in [0.717, 1.165) is 11.9 Å². The summed E-state index contributed by atoms with van der Waals surface area (Å²) in [5, 5.41) is 0. The molecule has 0 aromatic carbocycles. The molecule has 0 aromatic rings. The zero-order chi connectivity index (χ0) is 6.69. The summed E-state index contributed by atoms with van der Waals surface area (Å²) >= 11 is 0. The predicted molar refractivity (Wildman–Crippen MR) is 37.0 cm³/mol. The molecule has 0 spiro atoms. The Morgan fingerprint density at radius 1 is 1.56 bits per heavy atom. The zero-order valence-corrected chi connectivity index (χ0v) is 5.08. The first-order valence-corrected chi connectivity index (χ1v) is 2.83. The minimum atomic E-state index is -0.0880. The summed E-state index contributed by atoms with van der Waals surface area (Å²) in [6, 6.07) is 0. The van der Waals surface area contributed by atoms with E-state index in [1.54, 1.807) is 0 Å². The van der Waals surface area contributed by atoms with Gasteiger partial charge in [0.25, 0.3) is 0 Å². The minimum Gasteiger partial charge on any atom is -0.302 e. The van der Waals surface area contributed by atoms with Crippen LogP contribution in [0.25, 0.3) is 0 Å². The molecule has 1 nitrogen and oxygen atoms in total. The molecule has 0 aliphatic heterocycles. The van der Waals surface area contributed by atoms with Crippen molar-refractivity contribution in [3.05, 3.63) is 36.5 Å². The fourth-order valence-corrected chi connectivity index (χ4v) is 0.730. The van der Waals surface area contributed by atoms with E-state index in [-0.39, 0.29) is 5.92 Å². The van der Waals surface area contributed by atoms with Crippen molar-refractivity contribution in [3.8, 4) is 0 Å². The lowest BCUT2D eigenvalue weighted by Gasteiger charge is -2.06. The molecule has 1 rings (SSSR count). The van der Waals surface area contributed by atoms with Gasteiger partial charge in [-0.3, -0.25) is 0 Å². The number of rotatable bonds is 1. The van der Waals surface area contributed by atoms with Gasteiger partial charge in [-0.15, -0.1) is 0 Å². The largest absolute Gasteiger partial charge is 0.302 e. The molecule has 0 radical (unpaired) electrons. The van der Waals surface area contributed by atoms with Gasteiger partial charge >= 0.3 is 0 Å². The van der Waals surface area contributed by atoms with Gasteiger partial charge in [0.2, 0.25) is 0 Å². The fraction of sp³-hybridized carbons (Fsp3) is 0.125. The van der Waals surface area contributed by atoms with Gasteiger partial charge in [0.1, 0.15) is 6.29 Å². The first kappa shape index (κ1) is 6.02. The normalized spacial score (nSPS) is 24.4. The molecular weight excluding hydrogens is 112 g/mol. The molecule has 1 aliphatic rings. The Labute approximate surface area is 54.4 Å². The summed E-state index contributed by atoms with van der Waals surface area (Å²) in [5.74, 6) is -0.0880. The van der Waals surface area contributed by atoms with Crippen LogP contribution in [-0.2, 0) is 4.79 Å². The second kappa shape index (κ2) is 2.44. The van der Waals surface area contributed by atoms with Gasteiger partial charge in [-0.1, -0.05) is 30.9 Å². The van der Waals surface area contributed by atoms with E-state index < -0.39 is 0 Å². The van der Waals surface area contributed by atoms with Crippen LogP contribution in [0.15, 0.2) is 36.5 Å². The summed E-state index contributed by atoms with van der Waals surface area (Å²) in [6.45, 7) is 3.70. The van der Waals surface area contributed by atoms with Crippen LogP contribution in [-0.4, -0.2) is 6.29 Å². The quantitative estimate of drug-likeness (QED) is 0.479. The Bertz CT molecular complexity index is 187. The van der Waals surface area contributed by atoms with Gasteiger partial charge in [-0.05, 0) is 5.57 Å². The van der Waals surface area contributed by atoms with E-state index in [0.29, 0.717) is 0 Å². The second-order valence-corrected chi connectivity index (χ2v) is 1.98. The van der Waals surface area contributed by atoms with Crippen LogP contribution < -0.4 is 0 Å². The van der Waals surface area contributed by atoms with Crippen LogP contribution in [0.4, 0.5) is 0 Å². The maximum Gasteiger partial charge on any atom is 0.131 e. The molecule has 1 atom stereocenters. The molecule has 0 fully saturated rings.